The molecule has 1 aliphatic heterocycles. The number of ether oxygens (including phenoxy) is 1. The smallest absolute Gasteiger partial charge is 0.251 e. The van der Waals surface area contributed by atoms with Crippen LogP contribution in [0.5, 0.6) is 5.75 Å². The molecule has 1 fully saturated rings. The van der Waals surface area contributed by atoms with Gasteiger partial charge in [-0.25, -0.2) is 0 Å². The Balaban J connectivity index is 1.90. The average Bonchev–Trinajstić information content (AvgIpc) is 2.70. The van der Waals surface area contributed by atoms with Crippen molar-refractivity contribution in [1.82, 2.24) is 15.5 Å². The van der Waals surface area contributed by atoms with E-state index in [-0.39, 0.29) is 17.7 Å². The van der Waals surface area contributed by atoms with Gasteiger partial charge in [0.1, 0.15) is 11.8 Å². The van der Waals surface area contributed by atoms with Crippen LogP contribution in [0.3, 0.4) is 0 Å². The number of hydrogen-bond acceptors (Lipinski definition) is 4. The third-order valence-corrected chi connectivity index (χ3v) is 5.51. The van der Waals surface area contributed by atoms with Crippen molar-refractivity contribution in [3.05, 3.63) is 29.8 Å². The number of amides is 2. The number of benzene rings is 1. The van der Waals surface area contributed by atoms with E-state index in [1.165, 1.54) is 6.42 Å². The summed E-state index contributed by atoms with van der Waals surface area (Å²) >= 11 is 0. The molecule has 162 valence electrons. The third kappa shape index (κ3) is 7.03. The van der Waals surface area contributed by atoms with Crippen LogP contribution < -0.4 is 15.4 Å². The Morgan fingerprint density at radius 3 is 2.45 bits per heavy atom. The summed E-state index contributed by atoms with van der Waals surface area (Å²) in [6.45, 7) is 13.6. The largest absolute Gasteiger partial charge is 0.494 e. The molecule has 0 radical (unpaired) electrons. The molecule has 6 heteroatoms. The van der Waals surface area contributed by atoms with Gasteiger partial charge in [-0.05, 0) is 76.3 Å². The minimum absolute atomic E-state index is 0.000154. The van der Waals surface area contributed by atoms with Crippen LogP contribution in [0, 0.1) is 11.8 Å². The van der Waals surface area contributed by atoms with Crippen molar-refractivity contribution in [3.8, 4) is 5.75 Å². The molecular formula is C23H37N3O3. The fourth-order valence-electron chi connectivity index (χ4n) is 3.72. The molecule has 29 heavy (non-hydrogen) atoms. The molecule has 6 nitrogen and oxygen atoms in total. The molecule has 0 aromatic heterocycles. The molecule has 2 atom stereocenters. The van der Waals surface area contributed by atoms with Gasteiger partial charge in [0, 0.05) is 24.7 Å². The van der Waals surface area contributed by atoms with Crippen molar-refractivity contribution in [2.75, 3.05) is 26.2 Å². The first-order valence-electron chi connectivity index (χ1n) is 10.9. The van der Waals surface area contributed by atoms with Gasteiger partial charge in [0.25, 0.3) is 5.91 Å². The molecule has 1 aromatic rings. The predicted molar refractivity (Wildman–Crippen MR) is 116 cm³/mol. The highest BCUT2D eigenvalue weighted by molar-refractivity contribution is 5.97. The lowest BCUT2D eigenvalue weighted by molar-refractivity contribution is -0.124. The topological polar surface area (TPSA) is 70.7 Å². The monoisotopic (exact) mass is 403 g/mol. The molecule has 1 heterocycles. The molecule has 1 aliphatic rings. The van der Waals surface area contributed by atoms with Crippen molar-refractivity contribution in [3.63, 3.8) is 0 Å². The van der Waals surface area contributed by atoms with E-state index in [1.54, 1.807) is 24.3 Å². The molecule has 2 rings (SSSR count). The third-order valence-electron chi connectivity index (χ3n) is 5.51. The zero-order chi connectivity index (χ0) is 21.4. The van der Waals surface area contributed by atoms with Crippen molar-refractivity contribution < 1.29 is 14.3 Å². The van der Waals surface area contributed by atoms with Crippen LogP contribution in [0.15, 0.2) is 24.3 Å². The molecular weight excluding hydrogens is 366 g/mol. The van der Waals surface area contributed by atoms with Crippen LogP contribution in [0.2, 0.25) is 0 Å². The first-order chi connectivity index (χ1) is 13.8. The Hall–Kier alpha value is -2.08. The summed E-state index contributed by atoms with van der Waals surface area (Å²) in [4.78, 5) is 27.9. The number of piperidine rings is 1. The quantitative estimate of drug-likeness (QED) is 0.665. The number of rotatable bonds is 9. The Kier molecular flexibility index (Phi) is 8.96. The Morgan fingerprint density at radius 1 is 1.17 bits per heavy atom. The number of carbonyl (C=O) groups is 2. The first-order valence-corrected chi connectivity index (χ1v) is 10.9. The molecule has 2 amide bonds. The van der Waals surface area contributed by atoms with E-state index in [0.717, 1.165) is 25.3 Å². The fraction of sp³-hybridized carbons (Fsp3) is 0.652. The maximum Gasteiger partial charge on any atom is 0.251 e. The van der Waals surface area contributed by atoms with E-state index in [1.807, 2.05) is 20.8 Å². The lowest BCUT2D eigenvalue weighted by atomic mass is 9.96. The number of hydrogen-bond donors (Lipinski definition) is 2. The van der Waals surface area contributed by atoms with Gasteiger partial charge in [-0.2, -0.15) is 0 Å². The number of nitrogens with one attached hydrogen (secondary N) is 2. The maximum absolute atomic E-state index is 12.8. The number of carbonyl (C=O) groups excluding carboxylic acids is 2. The summed E-state index contributed by atoms with van der Waals surface area (Å²) in [5.41, 5.74) is 0.520. The standard InChI is InChI=1S/C23H37N3O3/c1-6-29-20-11-9-19(10-12-20)22(27)25-21(16(2)3)23(28)24-14-18-8-7-13-26(15-18)17(4)5/h9-12,16-18,21H,6-8,13-15H2,1-5H3,(H,24,28)(H,25,27). The molecule has 2 unspecified atom stereocenters. The van der Waals surface area contributed by atoms with E-state index in [0.29, 0.717) is 30.7 Å². The van der Waals surface area contributed by atoms with E-state index in [9.17, 15) is 9.59 Å². The lowest BCUT2D eigenvalue weighted by Crippen LogP contribution is -2.51. The summed E-state index contributed by atoms with van der Waals surface area (Å²) in [6.07, 6.45) is 2.30. The Bertz CT molecular complexity index is 658. The molecule has 0 bridgehead atoms. The van der Waals surface area contributed by atoms with E-state index >= 15 is 0 Å². The lowest BCUT2D eigenvalue weighted by Gasteiger charge is -2.35. The van der Waals surface area contributed by atoms with Crippen molar-refractivity contribution in [2.24, 2.45) is 11.8 Å². The van der Waals surface area contributed by atoms with Crippen LogP contribution >= 0.6 is 0 Å². The zero-order valence-electron chi connectivity index (χ0n) is 18.5. The van der Waals surface area contributed by atoms with E-state index in [4.69, 9.17) is 4.74 Å². The summed E-state index contributed by atoms with van der Waals surface area (Å²) in [6, 6.07) is 6.96. The van der Waals surface area contributed by atoms with Gasteiger partial charge >= 0.3 is 0 Å². The van der Waals surface area contributed by atoms with Gasteiger partial charge in [-0.1, -0.05) is 13.8 Å². The second-order valence-corrected chi connectivity index (χ2v) is 8.49. The van der Waals surface area contributed by atoms with Gasteiger partial charge in [-0.15, -0.1) is 0 Å². The SMILES string of the molecule is CCOc1ccc(C(=O)NC(C(=O)NCC2CCCN(C(C)C)C2)C(C)C)cc1. The summed E-state index contributed by atoms with van der Waals surface area (Å²) in [5, 5.41) is 5.97. The highest BCUT2D eigenvalue weighted by Gasteiger charge is 2.27. The number of nitrogens with zero attached hydrogens (tertiary/aromatic N) is 1. The van der Waals surface area contributed by atoms with E-state index < -0.39 is 6.04 Å². The molecule has 2 N–H and O–H groups in total. The molecule has 1 saturated heterocycles. The second-order valence-electron chi connectivity index (χ2n) is 8.49. The van der Waals surface area contributed by atoms with Crippen LogP contribution in [0.25, 0.3) is 0 Å². The first kappa shape index (κ1) is 23.2. The van der Waals surface area contributed by atoms with Crippen molar-refractivity contribution in [2.45, 2.75) is 59.5 Å². The van der Waals surface area contributed by atoms with Crippen molar-refractivity contribution in [1.29, 1.82) is 0 Å². The zero-order valence-corrected chi connectivity index (χ0v) is 18.5. The summed E-state index contributed by atoms with van der Waals surface area (Å²) < 4.78 is 5.41. The maximum atomic E-state index is 12.8. The van der Waals surface area contributed by atoms with Crippen LogP contribution in [-0.2, 0) is 4.79 Å². The Labute approximate surface area is 175 Å². The minimum Gasteiger partial charge on any atom is -0.494 e. The Morgan fingerprint density at radius 2 is 1.86 bits per heavy atom. The second kappa shape index (κ2) is 11.2. The molecule has 0 spiro atoms. The number of likely N-dealkylation sites (tertiary alicyclic amines) is 1. The predicted octanol–water partition coefficient (Wildman–Crippen LogP) is 3.08. The van der Waals surface area contributed by atoms with Gasteiger partial charge in [-0.3, -0.25) is 9.59 Å². The summed E-state index contributed by atoms with van der Waals surface area (Å²) in [5.74, 6) is 0.835. The van der Waals surface area contributed by atoms with E-state index in [2.05, 4.69) is 29.4 Å². The molecule has 1 aromatic carbocycles. The van der Waals surface area contributed by atoms with Crippen LogP contribution in [0.4, 0.5) is 0 Å². The van der Waals surface area contributed by atoms with Gasteiger partial charge in [0.2, 0.25) is 5.91 Å². The van der Waals surface area contributed by atoms with Crippen LogP contribution in [-0.4, -0.2) is 55.0 Å². The average molecular weight is 404 g/mol. The van der Waals surface area contributed by atoms with Crippen molar-refractivity contribution >= 4 is 11.8 Å². The van der Waals surface area contributed by atoms with Gasteiger partial charge < -0.3 is 20.3 Å². The molecule has 0 aliphatic carbocycles. The highest BCUT2D eigenvalue weighted by atomic mass is 16.5. The fourth-order valence-corrected chi connectivity index (χ4v) is 3.72. The normalized spacial score (nSPS) is 18.5. The van der Waals surface area contributed by atoms with Gasteiger partial charge in [0.15, 0.2) is 0 Å². The van der Waals surface area contributed by atoms with Gasteiger partial charge in [0.05, 0.1) is 6.61 Å². The van der Waals surface area contributed by atoms with Crippen LogP contribution in [0.1, 0.15) is 57.8 Å². The molecule has 0 saturated carbocycles. The summed E-state index contributed by atoms with van der Waals surface area (Å²) in [7, 11) is 0. The highest BCUT2D eigenvalue weighted by Crippen LogP contribution is 2.18. The minimum atomic E-state index is -0.557.